The van der Waals surface area contributed by atoms with Gasteiger partial charge in [-0.1, -0.05) is 26.0 Å². The third-order valence-electron chi connectivity index (χ3n) is 8.04. The van der Waals surface area contributed by atoms with Crippen LogP contribution in [0.3, 0.4) is 0 Å². The SMILES string of the molecule is CC.CC(C)(C)OC(=O)N1Cc2c(B3OC(C)(C)C(C)(C)O3)ccc(Nc3ccc(C4CCOC4)c(CO)n3)c2C1=O. The summed E-state index contributed by atoms with van der Waals surface area (Å²) in [6, 6.07) is 7.39. The van der Waals surface area contributed by atoms with Crippen LogP contribution in [0.5, 0.6) is 0 Å². The van der Waals surface area contributed by atoms with Crippen molar-refractivity contribution in [3.8, 4) is 0 Å². The normalized spacial score (nSPS) is 20.7. The summed E-state index contributed by atoms with van der Waals surface area (Å²) in [6.45, 7) is 18.2. The zero-order valence-electron chi connectivity index (χ0n) is 26.3. The van der Waals surface area contributed by atoms with Gasteiger partial charge in [0.15, 0.2) is 0 Å². The van der Waals surface area contributed by atoms with Crippen molar-refractivity contribution < 1.29 is 33.5 Å². The highest BCUT2D eigenvalue weighted by Gasteiger charge is 2.53. The van der Waals surface area contributed by atoms with Gasteiger partial charge in [-0.25, -0.2) is 14.7 Å². The van der Waals surface area contributed by atoms with Crippen molar-refractivity contribution in [2.75, 3.05) is 18.5 Å². The van der Waals surface area contributed by atoms with Crippen molar-refractivity contribution in [1.82, 2.24) is 9.88 Å². The van der Waals surface area contributed by atoms with E-state index in [0.717, 1.165) is 16.9 Å². The Morgan fingerprint density at radius 1 is 1.14 bits per heavy atom. The lowest BCUT2D eigenvalue weighted by Gasteiger charge is -2.32. The number of fused-ring (bicyclic) bond motifs is 1. The van der Waals surface area contributed by atoms with Crippen LogP contribution in [-0.4, -0.2) is 64.1 Å². The first-order chi connectivity index (χ1) is 19.7. The molecular weight excluding hydrogens is 537 g/mol. The maximum absolute atomic E-state index is 13.7. The molecule has 2 saturated heterocycles. The van der Waals surface area contributed by atoms with E-state index >= 15 is 0 Å². The first kappa shape index (κ1) is 31.9. The molecule has 1 aromatic carbocycles. The van der Waals surface area contributed by atoms with E-state index in [1.807, 2.05) is 59.7 Å². The maximum Gasteiger partial charge on any atom is 0.495 e. The molecule has 2 aromatic rings. The molecule has 0 bridgehead atoms. The first-order valence-electron chi connectivity index (χ1n) is 14.7. The predicted octanol–water partition coefficient (Wildman–Crippen LogP) is 5.04. The molecule has 2 N–H and O–H groups in total. The molecule has 11 heteroatoms. The molecule has 4 heterocycles. The number of nitrogens with one attached hydrogen (secondary N) is 1. The molecular formula is C31H44BN3O7. The Balaban J connectivity index is 0.00000198. The van der Waals surface area contributed by atoms with E-state index in [-0.39, 0.29) is 19.1 Å². The fourth-order valence-electron chi connectivity index (χ4n) is 5.20. The number of hydrogen-bond donors (Lipinski definition) is 2. The lowest BCUT2D eigenvalue weighted by molar-refractivity contribution is 0.00578. The highest BCUT2D eigenvalue weighted by molar-refractivity contribution is 6.63. The van der Waals surface area contributed by atoms with E-state index in [1.54, 1.807) is 26.8 Å². The quantitative estimate of drug-likeness (QED) is 0.468. The molecule has 0 spiro atoms. The van der Waals surface area contributed by atoms with Gasteiger partial charge in [0.1, 0.15) is 11.4 Å². The number of anilines is 2. The first-order valence-corrected chi connectivity index (χ1v) is 14.7. The van der Waals surface area contributed by atoms with Crippen molar-refractivity contribution >= 4 is 36.1 Å². The number of nitrogens with zero attached hydrogens (tertiary/aromatic N) is 2. The third kappa shape index (κ3) is 6.20. The van der Waals surface area contributed by atoms with Gasteiger partial charge in [-0.05, 0) is 83.6 Å². The smallest absolute Gasteiger partial charge is 0.443 e. The molecule has 3 aliphatic heterocycles. The Hall–Kier alpha value is -2.99. The van der Waals surface area contributed by atoms with E-state index in [9.17, 15) is 14.7 Å². The van der Waals surface area contributed by atoms with Gasteiger partial charge in [-0.15, -0.1) is 0 Å². The Bertz CT molecular complexity index is 1320. The minimum atomic E-state index is -0.765. The standard InChI is InChI=1S/C29H38BN3O7.C2H6/c1-27(2,3)38-26(36)33-14-19-20(30-39-28(4,5)29(6,7)40-30)9-10-21(24(19)25(33)35)31-23-11-8-18(22(15-34)32-23)17-12-13-37-16-17;1-2/h8-11,17,34H,12-16H2,1-7H3,(H,31,32);1-2H3. The maximum atomic E-state index is 13.7. The summed E-state index contributed by atoms with van der Waals surface area (Å²) in [5.74, 6) is 0.184. The summed E-state index contributed by atoms with van der Waals surface area (Å²) in [6.07, 6.45) is 0.160. The van der Waals surface area contributed by atoms with Gasteiger partial charge in [0.2, 0.25) is 0 Å². The number of pyridine rings is 1. The average molecular weight is 582 g/mol. The molecule has 1 unspecified atom stereocenters. The van der Waals surface area contributed by atoms with Gasteiger partial charge in [-0.3, -0.25) is 4.79 Å². The number of aliphatic hydroxyl groups is 1. The van der Waals surface area contributed by atoms with Gasteiger partial charge < -0.3 is 29.2 Å². The van der Waals surface area contributed by atoms with E-state index in [0.29, 0.717) is 47.0 Å². The molecule has 0 radical (unpaired) electrons. The minimum absolute atomic E-state index is 0.0218. The van der Waals surface area contributed by atoms with Crippen molar-refractivity contribution in [3.05, 3.63) is 46.6 Å². The lowest BCUT2D eigenvalue weighted by atomic mass is 9.74. The number of amides is 2. The summed E-state index contributed by atoms with van der Waals surface area (Å²) in [5, 5.41) is 13.3. The summed E-state index contributed by atoms with van der Waals surface area (Å²) >= 11 is 0. The number of carbonyl (C=O) groups is 2. The number of imide groups is 1. The van der Waals surface area contributed by atoms with E-state index in [4.69, 9.17) is 18.8 Å². The molecule has 1 atom stereocenters. The van der Waals surface area contributed by atoms with Gasteiger partial charge in [0.05, 0.1) is 47.9 Å². The fourth-order valence-corrected chi connectivity index (χ4v) is 5.20. The van der Waals surface area contributed by atoms with E-state index in [1.165, 1.54) is 0 Å². The van der Waals surface area contributed by atoms with Crippen LogP contribution in [0, 0.1) is 0 Å². The molecule has 0 saturated carbocycles. The van der Waals surface area contributed by atoms with Crippen LogP contribution in [0.4, 0.5) is 16.3 Å². The molecule has 1 aromatic heterocycles. The summed E-state index contributed by atoms with van der Waals surface area (Å²) < 4.78 is 23.6. The third-order valence-corrected chi connectivity index (χ3v) is 8.04. The Morgan fingerprint density at radius 3 is 2.38 bits per heavy atom. The predicted molar refractivity (Wildman–Crippen MR) is 161 cm³/mol. The lowest BCUT2D eigenvalue weighted by Crippen LogP contribution is -2.41. The second-order valence-electron chi connectivity index (χ2n) is 12.6. The van der Waals surface area contributed by atoms with Gasteiger partial charge in [0.25, 0.3) is 5.91 Å². The second-order valence-corrected chi connectivity index (χ2v) is 12.6. The van der Waals surface area contributed by atoms with E-state index < -0.39 is 35.9 Å². The van der Waals surface area contributed by atoms with Gasteiger partial charge >= 0.3 is 13.2 Å². The molecule has 5 rings (SSSR count). The molecule has 2 fully saturated rings. The topological polar surface area (TPSA) is 119 Å². The average Bonchev–Trinajstić information content (AvgIpc) is 3.61. The van der Waals surface area contributed by atoms with Crippen LogP contribution in [0.2, 0.25) is 0 Å². The number of benzene rings is 1. The van der Waals surface area contributed by atoms with Crippen LogP contribution < -0.4 is 10.8 Å². The second kappa shape index (κ2) is 12.0. The molecule has 3 aliphatic rings. The van der Waals surface area contributed by atoms with E-state index in [2.05, 4.69) is 10.3 Å². The zero-order chi connectivity index (χ0) is 31.0. The highest BCUT2D eigenvalue weighted by atomic mass is 16.7. The van der Waals surface area contributed by atoms with Crippen molar-refractivity contribution in [2.24, 2.45) is 0 Å². The van der Waals surface area contributed by atoms with Crippen molar-refractivity contribution in [1.29, 1.82) is 0 Å². The Kier molecular flexibility index (Phi) is 9.09. The zero-order valence-corrected chi connectivity index (χ0v) is 26.3. The number of rotatable bonds is 5. The fraction of sp³-hybridized carbons (Fsp3) is 0.581. The molecule has 0 aliphatic carbocycles. The van der Waals surface area contributed by atoms with Crippen LogP contribution in [-0.2, 0) is 31.9 Å². The molecule has 2 amide bonds. The Morgan fingerprint density at radius 2 is 1.81 bits per heavy atom. The van der Waals surface area contributed by atoms with Crippen LogP contribution in [0.1, 0.15) is 102 Å². The van der Waals surface area contributed by atoms with Gasteiger partial charge in [0, 0.05) is 12.5 Å². The number of aromatic nitrogens is 1. The largest absolute Gasteiger partial charge is 0.495 e. The summed E-state index contributed by atoms with van der Waals surface area (Å²) in [5.41, 5.74) is 1.72. The highest BCUT2D eigenvalue weighted by Crippen LogP contribution is 2.39. The minimum Gasteiger partial charge on any atom is -0.443 e. The summed E-state index contributed by atoms with van der Waals surface area (Å²) in [7, 11) is -0.716. The molecule has 10 nitrogen and oxygen atoms in total. The van der Waals surface area contributed by atoms with Crippen LogP contribution in [0.25, 0.3) is 0 Å². The monoisotopic (exact) mass is 581 g/mol. The Labute approximate surface area is 249 Å². The van der Waals surface area contributed by atoms with Crippen molar-refractivity contribution in [2.45, 2.75) is 105 Å². The number of carbonyl (C=O) groups excluding carboxylic acids is 2. The molecule has 42 heavy (non-hydrogen) atoms. The van der Waals surface area contributed by atoms with Crippen molar-refractivity contribution in [3.63, 3.8) is 0 Å². The number of ether oxygens (including phenoxy) is 2. The van der Waals surface area contributed by atoms with Crippen LogP contribution >= 0.6 is 0 Å². The summed E-state index contributed by atoms with van der Waals surface area (Å²) in [4.78, 5) is 32.5. The number of hydrogen-bond acceptors (Lipinski definition) is 9. The van der Waals surface area contributed by atoms with Crippen LogP contribution in [0.15, 0.2) is 24.3 Å². The molecule has 228 valence electrons. The number of aliphatic hydroxyl groups excluding tert-OH is 1. The van der Waals surface area contributed by atoms with Gasteiger partial charge in [-0.2, -0.15) is 0 Å².